The third kappa shape index (κ3) is 3.93. The lowest BCUT2D eigenvalue weighted by atomic mass is 10.1. The normalized spacial score (nSPS) is 19.2. The van der Waals surface area contributed by atoms with Crippen LogP contribution in [0.2, 0.25) is 5.02 Å². The van der Waals surface area contributed by atoms with Gasteiger partial charge in [0.1, 0.15) is 5.75 Å². The molecule has 166 valence electrons. The van der Waals surface area contributed by atoms with Gasteiger partial charge in [-0.15, -0.1) is 5.10 Å². The number of hydrogen-bond donors (Lipinski definition) is 1. The SMILES string of the molecule is CC(=O)NC1=NN(C(C)=O)[C@]2(S1)C(=O)N(CCCOc1ccc(Cl)cc1)c1ccccc12. The van der Waals surface area contributed by atoms with Crippen molar-refractivity contribution in [2.45, 2.75) is 25.1 Å². The van der Waals surface area contributed by atoms with Crippen molar-refractivity contribution in [2.75, 3.05) is 18.1 Å². The molecule has 3 amide bonds. The van der Waals surface area contributed by atoms with Gasteiger partial charge in [-0.25, -0.2) is 0 Å². The summed E-state index contributed by atoms with van der Waals surface area (Å²) >= 11 is 6.96. The molecule has 2 aliphatic heterocycles. The van der Waals surface area contributed by atoms with E-state index in [1.54, 1.807) is 29.2 Å². The number of ether oxygens (including phenoxy) is 1. The van der Waals surface area contributed by atoms with E-state index in [-0.39, 0.29) is 17.0 Å². The Hall–Kier alpha value is -3.04. The van der Waals surface area contributed by atoms with Gasteiger partial charge in [-0.1, -0.05) is 29.8 Å². The van der Waals surface area contributed by atoms with Crippen molar-refractivity contribution < 1.29 is 19.1 Å². The second kappa shape index (κ2) is 8.84. The molecule has 2 aromatic rings. The summed E-state index contributed by atoms with van der Waals surface area (Å²) in [4.78, 5) is 38.0. The second-order valence-corrected chi connectivity index (χ2v) is 8.91. The molecule has 10 heteroatoms. The first-order valence-electron chi connectivity index (χ1n) is 9.99. The first kappa shape index (κ1) is 22.2. The third-order valence-corrected chi connectivity index (χ3v) is 6.51. The molecule has 2 aromatic carbocycles. The molecule has 8 nitrogen and oxygen atoms in total. The van der Waals surface area contributed by atoms with Gasteiger partial charge in [0.2, 0.25) is 16.7 Å². The fraction of sp³-hybridized carbons (Fsp3) is 0.273. The van der Waals surface area contributed by atoms with Crippen LogP contribution in [0.3, 0.4) is 0 Å². The Kier molecular flexibility index (Phi) is 6.12. The van der Waals surface area contributed by atoms with Gasteiger partial charge in [0.05, 0.1) is 12.3 Å². The van der Waals surface area contributed by atoms with Crippen molar-refractivity contribution in [3.8, 4) is 5.75 Å². The van der Waals surface area contributed by atoms with Gasteiger partial charge in [-0.2, -0.15) is 5.01 Å². The second-order valence-electron chi connectivity index (χ2n) is 7.29. The predicted molar refractivity (Wildman–Crippen MR) is 123 cm³/mol. The number of hydrogen-bond acceptors (Lipinski definition) is 6. The fourth-order valence-electron chi connectivity index (χ4n) is 3.73. The number of anilines is 1. The van der Waals surface area contributed by atoms with Crippen molar-refractivity contribution in [1.29, 1.82) is 0 Å². The lowest BCUT2D eigenvalue weighted by molar-refractivity contribution is -0.139. The van der Waals surface area contributed by atoms with Crippen LogP contribution >= 0.6 is 23.4 Å². The minimum absolute atomic E-state index is 0.212. The molecule has 1 N–H and O–H groups in total. The van der Waals surface area contributed by atoms with E-state index in [0.29, 0.717) is 41.6 Å². The number of para-hydroxylation sites is 1. The van der Waals surface area contributed by atoms with Gasteiger partial charge >= 0.3 is 0 Å². The van der Waals surface area contributed by atoms with Gasteiger partial charge in [0.15, 0.2) is 5.17 Å². The van der Waals surface area contributed by atoms with E-state index in [1.807, 2.05) is 24.3 Å². The monoisotopic (exact) mass is 472 g/mol. The van der Waals surface area contributed by atoms with E-state index in [2.05, 4.69) is 10.4 Å². The summed E-state index contributed by atoms with van der Waals surface area (Å²) < 4.78 is 5.74. The summed E-state index contributed by atoms with van der Waals surface area (Å²) in [5, 5.41) is 8.84. The van der Waals surface area contributed by atoms with Crippen molar-refractivity contribution >= 4 is 51.9 Å². The molecule has 0 fully saturated rings. The first-order chi connectivity index (χ1) is 15.3. The zero-order valence-electron chi connectivity index (χ0n) is 17.5. The highest BCUT2D eigenvalue weighted by atomic mass is 35.5. The summed E-state index contributed by atoms with van der Waals surface area (Å²) in [6.45, 7) is 3.50. The van der Waals surface area contributed by atoms with E-state index in [9.17, 15) is 14.4 Å². The van der Waals surface area contributed by atoms with Gasteiger partial charge < -0.3 is 15.0 Å². The maximum atomic E-state index is 13.7. The molecule has 4 rings (SSSR count). The number of nitrogens with zero attached hydrogens (tertiary/aromatic N) is 3. The minimum atomic E-state index is -1.38. The number of thioether (sulfide) groups is 1. The molecule has 0 aliphatic carbocycles. The van der Waals surface area contributed by atoms with Crippen LogP contribution in [-0.4, -0.2) is 41.0 Å². The summed E-state index contributed by atoms with van der Waals surface area (Å²) in [6.07, 6.45) is 0.572. The maximum Gasteiger partial charge on any atom is 0.270 e. The van der Waals surface area contributed by atoms with Crippen LogP contribution in [0.1, 0.15) is 25.8 Å². The number of halogens is 1. The van der Waals surface area contributed by atoms with Crippen LogP contribution in [0.25, 0.3) is 0 Å². The summed E-state index contributed by atoms with van der Waals surface area (Å²) in [6, 6.07) is 14.4. The van der Waals surface area contributed by atoms with Crippen LogP contribution in [0.4, 0.5) is 5.69 Å². The van der Waals surface area contributed by atoms with E-state index in [0.717, 1.165) is 16.8 Å². The highest BCUT2D eigenvalue weighted by Gasteiger charge is 2.60. The number of nitrogens with one attached hydrogen (secondary N) is 1. The largest absolute Gasteiger partial charge is 0.494 e. The van der Waals surface area contributed by atoms with E-state index >= 15 is 0 Å². The van der Waals surface area contributed by atoms with Gasteiger partial charge in [0, 0.05) is 31.0 Å². The Labute approximate surface area is 194 Å². The third-order valence-electron chi connectivity index (χ3n) is 5.02. The lowest BCUT2D eigenvalue weighted by Gasteiger charge is -2.29. The quantitative estimate of drug-likeness (QED) is 0.674. The molecule has 1 spiro atoms. The fourth-order valence-corrected chi connectivity index (χ4v) is 5.19. The molecule has 2 aliphatic rings. The molecule has 0 saturated carbocycles. The molecular formula is C22H21ClN4O4S. The van der Waals surface area contributed by atoms with Gasteiger partial charge in [-0.3, -0.25) is 14.4 Å². The number of carbonyl (C=O) groups excluding carboxylic acids is 3. The number of benzene rings is 2. The molecule has 0 radical (unpaired) electrons. The number of fused-ring (bicyclic) bond motifs is 2. The van der Waals surface area contributed by atoms with Crippen molar-refractivity contribution in [3.05, 3.63) is 59.1 Å². The Morgan fingerprint density at radius 2 is 1.88 bits per heavy atom. The highest BCUT2D eigenvalue weighted by molar-refractivity contribution is 8.15. The molecular weight excluding hydrogens is 452 g/mol. The Balaban J connectivity index is 1.55. The number of carbonyl (C=O) groups is 3. The molecule has 2 heterocycles. The topological polar surface area (TPSA) is 91.3 Å². The van der Waals surface area contributed by atoms with E-state index < -0.39 is 10.8 Å². The van der Waals surface area contributed by atoms with Crippen molar-refractivity contribution in [1.82, 2.24) is 10.3 Å². The molecule has 0 bridgehead atoms. The summed E-state index contributed by atoms with van der Waals surface area (Å²) in [5.41, 5.74) is 1.37. The van der Waals surface area contributed by atoms with Crippen molar-refractivity contribution in [2.24, 2.45) is 5.10 Å². The van der Waals surface area contributed by atoms with E-state index in [4.69, 9.17) is 16.3 Å². The van der Waals surface area contributed by atoms with Gasteiger partial charge in [-0.05, 0) is 48.5 Å². The maximum absolute atomic E-state index is 13.7. The molecule has 1 atom stereocenters. The standard InChI is InChI=1S/C22H21ClN4O4S/c1-14(28)24-21-25-27(15(2)29)22(32-21)18-6-3-4-7-19(18)26(20(22)30)12-5-13-31-17-10-8-16(23)9-11-17/h3-4,6-11H,5,12-13H2,1-2H3,(H,24,25,28)/t22-/m1/s1. The number of hydrazone groups is 1. The average molecular weight is 473 g/mol. The summed E-state index contributed by atoms with van der Waals surface area (Å²) in [5.74, 6) is -0.309. The predicted octanol–water partition coefficient (Wildman–Crippen LogP) is 3.31. The first-order valence-corrected chi connectivity index (χ1v) is 11.2. The molecule has 0 saturated heterocycles. The van der Waals surface area contributed by atoms with Crippen LogP contribution < -0.4 is 15.0 Å². The Morgan fingerprint density at radius 1 is 1.16 bits per heavy atom. The minimum Gasteiger partial charge on any atom is -0.494 e. The van der Waals surface area contributed by atoms with Gasteiger partial charge in [0.25, 0.3) is 5.91 Å². The Bertz CT molecular complexity index is 1110. The highest BCUT2D eigenvalue weighted by Crippen LogP contribution is 2.54. The zero-order valence-corrected chi connectivity index (χ0v) is 19.1. The summed E-state index contributed by atoms with van der Waals surface area (Å²) in [7, 11) is 0. The number of amidine groups is 1. The van der Waals surface area contributed by atoms with Crippen LogP contribution in [0.5, 0.6) is 5.75 Å². The molecule has 0 unspecified atom stereocenters. The Morgan fingerprint density at radius 3 is 2.56 bits per heavy atom. The lowest BCUT2D eigenvalue weighted by Crippen LogP contribution is -2.48. The van der Waals surface area contributed by atoms with Crippen LogP contribution in [0.15, 0.2) is 53.6 Å². The molecule has 0 aromatic heterocycles. The van der Waals surface area contributed by atoms with Crippen LogP contribution in [-0.2, 0) is 19.3 Å². The number of amides is 3. The average Bonchev–Trinajstić information content (AvgIpc) is 3.24. The zero-order chi connectivity index (χ0) is 22.9. The molecule has 32 heavy (non-hydrogen) atoms. The smallest absolute Gasteiger partial charge is 0.270 e. The van der Waals surface area contributed by atoms with E-state index in [1.165, 1.54) is 13.8 Å². The van der Waals surface area contributed by atoms with Crippen molar-refractivity contribution in [3.63, 3.8) is 0 Å². The van der Waals surface area contributed by atoms with Crippen LogP contribution in [0, 0.1) is 0 Å². The number of rotatable bonds is 5.